The van der Waals surface area contributed by atoms with E-state index in [9.17, 15) is 0 Å². The van der Waals surface area contributed by atoms with E-state index in [-0.39, 0.29) is 24.0 Å². The van der Waals surface area contributed by atoms with Crippen LogP contribution in [-0.2, 0) is 6.42 Å². The molecule has 1 aromatic carbocycles. The molecule has 2 N–H and O–H groups in total. The van der Waals surface area contributed by atoms with Gasteiger partial charge in [-0.1, -0.05) is 18.2 Å². The van der Waals surface area contributed by atoms with Crippen molar-refractivity contribution in [2.75, 3.05) is 52.7 Å². The molecule has 1 aliphatic rings. The molecule has 1 fully saturated rings. The highest BCUT2D eigenvalue weighted by atomic mass is 127. The summed E-state index contributed by atoms with van der Waals surface area (Å²) in [4.78, 5) is 10.6. The summed E-state index contributed by atoms with van der Waals surface area (Å²) in [7, 11) is 8.27. The van der Waals surface area contributed by atoms with Gasteiger partial charge in [0, 0.05) is 50.8 Å². The molecule has 31 heavy (non-hydrogen) atoms. The second-order valence-electron chi connectivity index (χ2n) is 8.39. The lowest BCUT2D eigenvalue weighted by molar-refractivity contribution is 0.125. The first kappa shape index (κ1) is 25.9. The van der Waals surface area contributed by atoms with Crippen molar-refractivity contribution >= 4 is 47.0 Å². The average molecular weight is 556 g/mol. The molecule has 0 amide bonds. The lowest BCUT2D eigenvalue weighted by Gasteiger charge is -2.39. The predicted octanol–water partition coefficient (Wildman–Crippen LogP) is 4.61. The summed E-state index contributed by atoms with van der Waals surface area (Å²) in [6.45, 7) is 3.06. The van der Waals surface area contributed by atoms with Gasteiger partial charge in [0.2, 0.25) is 0 Å². The van der Waals surface area contributed by atoms with Crippen LogP contribution in [0, 0.1) is 5.92 Å². The largest absolute Gasteiger partial charge is 0.378 e. The van der Waals surface area contributed by atoms with Gasteiger partial charge in [0.1, 0.15) is 0 Å². The summed E-state index contributed by atoms with van der Waals surface area (Å²) in [5.74, 6) is 1.52. The van der Waals surface area contributed by atoms with Gasteiger partial charge in [-0.15, -0.1) is 35.3 Å². The van der Waals surface area contributed by atoms with Crippen LogP contribution >= 0.6 is 35.3 Å². The minimum Gasteiger partial charge on any atom is -0.378 e. The smallest absolute Gasteiger partial charge is 0.190 e. The molecule has 2 atom stereocenters. The molecule has 3 rings (SSSR count). The van der Waals surface area contributed by atoms with Crippen molar-refractivity contribution in [1.29, 1.82) is 0 Å². The van der Waals surface area contributed by atoms with Gasteiger partial charge in [0.15, 0.2) is 5.96 Å². The van der Waals surface area contributed by atoms with E-state index in [4.69, 9.17) is 0 Å². The average Bonchev–Trinajstić information content (AvgIpc) is 3.28. The Balaban J connectivity index is 0.00000341. The van der Waals surface area contributed by atoms with Crippen LogP contribution in [0.15, 0.2) is 46.8 Å². The summed E-state index contributed by atoms with van der Waals surface area (Å²) in [6.07, 6.45) is 4.70. The van der Waals surface area contributed by atoms with Crippen LogP contribution in [0.5, 0.6) is 0 Å². The molecule has 2 aromatic rings. The van der Waals surface area contributed by atoms with Crippen LogP contribution in [0.2, 0.25) is 0 Å². The normalized spacial score (nSPS) is 19.5. The Hall–Kier alpha value is -1.32. The van der Waals surface area contributed by atoms with Gasteiger partial charge < -0.3 is 15.5 Å². The zero-order chi connectivity index (χ0) is 21.3. The monoisotopic (exact) mass is 555 g/mol. The molecule has 2 unspecified atom stereocenters. The summed E-state index contributed by atoms with van der Waals surface area (Å²) in [6, 6.07) is 13.8. The van der Waals surface area contributed by atoms with Crippen LogP contribution in [0.25, 0.3) is 0 Å². The Morgan fingerprint density at radius 2 is 1.97 bits per heavy atom. The van der Waals surface area contributed by atoms with E-state index in [1.54, 1.807) is 0 Å². The number of hydrogen-bond acceptors (Lipinski definition) is 4. The second kappa shape index (κ2) is 13.3. The van der Waals surface area contributed by atoms with E-state index in [1.165, 1.54) is 35.5 Å². The fraction of sp³-hybridized carbons (Fsp3) is 0.542. The molecule has 1 saturated heterocycles. The number of aliphatic imine (C=N–C) groups is 1. The number of thiophene rings is 1. The topological polar surface area (TPSA) is 42.9 Å². The molecule has 7 heteroatoms. The molecular formula is C24H38IN5S. The van der Waals surface area contributed by atoms with Crippen LogP contribution in [0.1, 0.15) is 35.7 Å². The number of rotatable bonds is 8. The number of halogens is 1. The van der Waals surface area contributed by atoms with E-state index in [0.717, 1.165) is 31.9 Å². The first-order valence-electron chi connectivity index (χ1n) is 11.0. The molecule has 2 heterocycles. The number of aryl methyl sites for hydroxylation is 1. The highest BCUT2D eigenvalue weighted by Crippen LogP contribution is 2.36. The Morgan fingerprint density at radius 1 is 1.19 bits per heavy atom. The van der Waals surface area contributed by atoms with Gasteiger partial charge in [0.25, 0.3) is 0 Å². The molecule has 0 aliphatic carbocycles. The molecule has 0 spiro atoms. The Kier molecular flexibility index (Phi) is 11.1. The quantitative estimate of drug-likeness (QED) is 0.216. The molecule has 172 valence electrons. The van der Waals surface area contributed by atoms with Crippen molar-refractivity contribution in [3.63, 3.8) is 0 Å². The number of likely N-dealkylation sites (tertiary alicyclic amines) is 1. The second-order valence-corrected chi connectivity index (χ2v) is 9.37. The van der Waals surface area contributed by atoms with E-state index >= 15 is 0 Å². The number of anilines is 1. The van der Waals surface area contributed by atoms with Gasteiger partial charge in [-0.05, 0) is 74.3 Å². The van der Waals surface area contributed by atoms with E-state index < -0.39 is 0 Å². The fourth-order valence-corrected chi connectivity index (χ4v) is 5.27. The Bertz CT molecular complexity index is 776. The molecule has 5 nitrogen and oxygen atoms in total. The number of guanidine groups is 1. The minimum absolute atomic E-state index is 0. The number of benzene rings is 1. The van der Waals surface area contributed by atoms with Crippen molar-refractivity contribution < 1.29 is 0 Å². The van der Waals surface area contributed by atoms with Gasteiger partial charge in [-0.2, -0.15) is 0 Å². The number of piperidine rings is 1. The highest BCUT2D eigenvalue weighted by molar-refractivity contribution is 14.0. The standard InChI is InChI=1S/C24H37N5S.HI/c1-25-24(26-15-5-8-19-11-13-21(14-12-19)28(2)3)27-18-20-9-6-16-29(4)23(20)22-10-7-17-30-22;/h7,10-14,17,20,23H,5-6,8-9,15-16,18H2,1-4H3,(H2,25,26,27);1H. The van der Waals surface area contributed by atoms with Crippen molar-refractivity contribution in [3.8, 4) is 0 Å². The zero-order valence-electron chi connectivity index (χ0n) is 19.3. The Morgan fingerprint density at radius 3 is 2.61 bits per heavy atom. The van der Waals surface area contributed by atoms with Crippen molar-refractivity contribution in [3.05, 3.63) is 52.2 Å². The molecule has 0 radical (unpaired) electrons. The van der Waals surface area contributed by atoms with Crippen LogP contribution in [0.4, 0.5) is 5.69 Å². The highest BCUT2D eigenvalue weighted by Gasteiger charge is 2.31. The van der Waals surface area contributed by atoms with Crippen LogP contribution < -0.4 is 15.5 Å². The third-order valence-corrected chi connectivity index (χ3v) is 6.93. The van der Waals surface area contributed by atoms with Crippen LogP contribution in [0.3, 0.4) is 0 Å². The molecule has 0 bridgehead atoms. The number of hydrogen-bond donors (Lipinski definition) is 2. The predicted molar refractivity (Wildman–Crippen MR) is 146 cm³/mol. The first-order valence-corrected chi connectivity index (χ1v) is 11.9. The maximum absolute atomic E-state index is 4.43. The summed E-state index contributed by atoms with van der Waals surface area (Å²) in [5.41, 5.74) is 2.63. The minimum atomic E-state index is 0. The molecule has 1 aliphatic heterocycles. The van der Waals surface area contributed by atoms with Gasteiger partial charge in [0.05, 0.1) is 0 Å². The third kappa shape index (κ3) is 7.64. The van der Waals surface area contributed by atoms with Gasteiger partial charge in [-0.3, -0.25) is 9.89 Å². The summed E-state index contributed by atoms with van der Waals surface area (Å²) < 4.78 is 0. The summed E-state index contributed by atoms with van der Waals surface area (Å²) in [5, 5.41) is 9.26. The lowest BCUT2D eigenvalue weighted by atomic mass is 9.88. The molecular weight excluding hydrogens is 517 g/mol. The third-order valence-electron chi connectivity index (χ3n) is 5.98. The van der Waals surface area contributed by atoms with Crippen molar-refractivity contribution in [2.45, 2.75) is 31.7 Å². The molecule has 0 saturated carbocycles. The van der Waals surface area contributed by atoms with Crippen molar-refractivity contribution in [2.24, 2.45) is 10.9 Å². The molecule has 1 aromatic heterocycles. The zero-order valence-corrected chi connectivity index (χ0v) is 22.5. The summed E-state index contributed by atoms with van der Waals surface area (Å²) >= 11 is 1.88. The van der Waals surface area contributed by atoms with Crippen LogP contribution in [-0.4, -0.2) is 58.7 Å². The fourth-order valence-electron chi connectivity index (χ4n) is 4.29. The Labute approximate surface area is 209 Å². The van der Waals surface area contributed by atoms with Crippen molar-refractivity contribution in [1.82, 2.24) is 15.5 Å². The maximum Gasteiger partial charge on any atom is 0.190 e. The first-order chi connectivity index (χ1) is 14.6. The van der Waals surface area contributed by atoms with E-state index in [2.05, 4.69) is 88.3 Å². The number of nitrogens with zero attached hydrogens (tertiary/aromatic N) is 3. The number of nitrogens with one attached hydrogen (secondary N) is 2. The van der Waals surface area contributed by atoms with Gasteiger partial charge >= 0.3 is 0 Å². The van der Waals surface area contributed by atoms with Gasteiger partial charge in [-0.25, -0.2) is 0 Å². The SMILES string of the molecule is CN=C(NCCCc1ccc(N(C)C)cc1)NCC1CCCN(C)C1c1cccs1.I. The maximum atomic E-state index is 4.43. The lowest BCUT2D eigenvalue weighted by Crippen LogP contribution is -2.45. The van der Waals surface area contributed by atoms with E-state index in [0.29, 0.717) is 12.0 Å². The van der Waals surface area contributed by atoms with E-state index in [1.807, 2.05) is 18.4 Å².